The molecule has 156 valence electrons. The molecule has 0 bridgehead atoms. The fraction of sp³-hybridized carbons (Fsp3) is 0.462. The highest BCUT2D eigenvalue weighted by Gasteiger charge is 2.09. The Labute approximate surface area is 175 Å². The smallest absolute Gasteiger partial charge is 0.303 e. The monoisotopic (exact) mass is 394 g/mol. The van der Waals surface area contributed by atoms with Crippen LogP contribution in [0.2, 0.25) is 0 Å². The summed E-state index contributed by atoms with van der Waals surface area (Å²) in [6, 6.07) is 16.0. The summed E-state index contributed by atoms with van der Waals surface area (Å²) in [4.78, 5) is 23.2. The largest absolute Gasteiger partial charge is 0.481 e. The first-order chi connectivity index (χ1) is 14.1. The van der Waals surface area contributed by atoms with Gasteiger partial charge in [0.1, 0.15) is 0 Å². The van der Waals surface area contributed by atoms with Crippen molar-refractivity contribution in [3.05, 3.63) is 70.8 Å². The van der Waals surface area contributed by atoms with E-state index in [0.29, 0.717) is 0 Å². The van der Waals surface area contributed by atoms with E-state index in [4.69, 9.17) is 5.11 Å². The molecule has 0 aliphatic carbocycles. The zero-order chi connectivity index (χ0) is 20.9. The van der Waals surface area contributed by atoms with Crippen LogP contribution in [0.3, 0.4) is 0 Å². The first-order valence-corrected chi connectivity index (χ1v) is 11.0. The molecule has 3 heteroatoms. The Morgan fingerprint density at radius 2 is 1.10 bits per heavy atom. The van der Waals surface area contributed by atoms with Crippen LogP contribution < -0.4 is 0 Å². The molecule has 0 saturated heterocycles. The van der Waals surface area contributed by atoms with Crippen LogP contribution in [0, 0.1) is 0 Å². The maximum Gasteiger partial charge on any atom is 0.303 e. The molecular formula is C26H34O3. The van der Waals surface area contributed by atoms with Gasteiger partial charge in [-0.25, -0.2) is 0 Å². The fourth-order valence-corrected chi connectivity index (χ4v) is 3.53. The molecule has 3 nitrogen and oxygen atoms in total. The van der Waals surface area contributed by atoms with Crippen molar-refractivity contribution in [3.8, 4) is 0 Å². The van der Waals surface area contributed by atoms with Crippen molar-refractivity contribution in [2.45, 2.75) is 77.6 Å². The Morgan fingerprint density at radius 1 is 0.655 bits per heavy atom. The van der Waals surface area contributed by atoms with Gasteiger partial charge in [-0.3, -0.25) is 9.59 Å². The quantitative estimate of drug-likeness (QED) is 0.289. The van der Waals surface area contributed by atoms with Gasteiger partial charge in [-0.1, -0.05) is 87.6 Å². The van der Waals surface area contributed by atoms with E-state index in [0.717, 1.165) is 56.1 Å². The Kier molecular flexibility index (Phi) is 10.2. The molecule has 0 saturated carbocycles. The van der Waals surface area contributed by atoms with Crippen molar-refractivity contribution in [1.82, 2.24) is 0 Å². The maximum absolute atomic E-state index is 12.7. The van der Waals surface area contributed by atoms with Crippen molar-refractivity contribution in [1.29, 1.82) is 0 Å². The standard InChI is InChI=1S/C26H34O3/c1-2-3-7-10-21-13-17-23(18-14-21)26(29)24-19-15-22(16-20-24)11-8-5-4-6-9-12-25(27)28/h13-20H,2-12H2,1H3,(H,27,28). The number of rotatable bonds is 14. The molecule has 0 spiro atoms. The van der Waals surface area contributed by atoms with Crippen LogP contribution in [0.15, 0.2) is 48.5 Å². The van der Waals surface area contributed by atoms with Gasteiger partial charge in [-0.05, 0) is 43.2 Å². The molecule has 0 unspecified atom stereocenters. The van der Waals surface area contributed by atoms with E-state index < -0.39 is 5.97 Å². The van der Waals surface area contributed by atoms with E-state index in [1.165, 1.54) is 30.4 Å². The summed E-state index contributed by atoms with van der Waals surface area (Å²) in [5, 5.41) is 8.63. The van der Waals surface area contributed by atoms with Gasteiger partial charge in [0, 0.05) is 17.5 Å². The summed E-state index contributed by atoms with van der Waals surface area (Å²) in [5.74, 6) is -0.627. The molecule has 1 N–H and O–H groups in total. The average Bonchev–Trinajstić information content (AvgIpc) is 2.73. The topological polar surface area (TPSA) is 54.4 Å². The second-order valence-electron chi connectivity index (χ2n) is 7.84. The Hall–Kier alpha value is -2.42. The molecule has 0 aliphatic heterocycles. The number of hydrogen-bond acceptors (Lipinski definition) is 2. The lowest BCUT2D eigenvalue weighted by atomic mass is 9.98. The summed E-state index contributed by atoms with van der Waals surface area (Å²) >= 11 is 0. The third-order valence-corrected chi connectivity index (χ3v) is 5.36. The lowest BCUT2D eigenvalue weighted by Gasteiger charge is -2.06. The van der Waals surface area contributed by atoms with Crippen LogP contribution >= 0.6 is 0 Å². The van der Waals surface area contributed by atoms with Gasteiger partial charge < -0.3 is 5.11 Å². The summed E-state index contributed by atoms with van der Waals surface area (Å²) in [6.07, 6.45) is 11.1. The molecule has 0 radical (unpaired) electrons. The van der Waals surface area contributed by atoms with Gasteiger partial charge >= 0.3 is 5.97 Å². The zero-order valence-corrected chi connectivity index (χ0v) is 17.7. The number of carbonyl (C=O) groups excluding carboxylic acids is 1. The van der Waals surface area contributed by atoms with Crippen LogP contribution in [0.1, 0.15) is 91.8 Å². The summed E-state index contributed by atoms with van der Waals surface area (Å²) in [7, 11) is 0. The molecule has 0 amide bonds. The van der Waals surface area contributed by atoms with E-state index in [-0.39, 0.29) is 12.2 Å². The third-order valence-electron chi connectivity index (χ3n) is 5.36. The SMILES string of the molecule is CCCCCc1ccc(C(=O)c2ccc(CCCCCCCC(=O)O)cc2)cc1. The van der Waals surface area contributed by atoms with Gasteiger partial charge in [0.25, 0.3) is 0 Å². The molecular weight excluding hydrogens is 360 g/mol. The Bertz CT molecular complexity index is 745. The predicted octanol–water partition coefficient (Wildman–Crippen LogP) is 6.62. The highest BCUT2D eigenvalue weighted by molar-refractivity contribution is 6.08. The second kappa shape index (κ2) is 12.9. The molecule has 0 fully saturated rings. The van der Waals surface area contributed by atoms with Crippen LogP contribution in [0.4, 0.5) is 0 Å². The predicted molar refractivity (Wildman–Crippen MR) is 119 cm³/mol. The zero-order valence-electron chi connectivity index (χ0n) is 17.7. The minimum atomic E-state index is -0.706. The summed E-state index contributed by atoms with van der Waals surface area (Å²) in [6.45, 7) is 2.21. The highest BCUT2D eigenvalue weighted by atomic mass is 16.4. The number of aryl methyl sites for hydroxylation is 2. The van der Waals surface area contributed by atoms with E-state index >= 15 is 0 Å². The van der Waals surface area contributed by atoms with Crippen LogP contribution in [-0.2, 0) is 17.6 Å². The molecule has 0 atom stereocenters. The van der Waals surface area contributed by atoms with Gasteiger partial charge in [0.15, 0.2) is 5.78 Å². The molecule has 2 rings (SSSR count). The van der Waals surface area contributed by atoms with Crippen molar-refractivity contribution < 1.29 is 14.7 Å². The van der Waals surface area contributed by atoms with Crippen LogP contribution in [0.25, 0.3) is 0 Å². The normalized spacial score (nSPS) is 10.8. The molecule has 2 aromatic carbocycles. The molecule has 0 aliphatic rings. The number of carboxylic acids is 1. The number of benzene rings is 2. The number of carboxylic acid groups (broad SMARTS) is 1. The number of hydrogen-bond donors (Lipinski definition) is 1. The van der Waals surface area contributed by atoms with Crippen LogP contribution in [-0.4, -0.2) is 16.9 Å². The van der Waals surface area contributed by atoms with Crippen LogP contribution in [0.5, 0.6) is 0 Å². The lowest BCUT2D eigenvalue weighted by Crippen LogP contribution is -2.01. The second-order valence-corrected chi connectivity index (χ2v) is 7.84. The van der Waals surface area contributed by atoms with Crippen molar-refractivity contribution in [2.75, 3.05) is 0 Å². The summed E-state index contributed by atoms with van der Waals surface area (Å²) < 4.78 is 0. The number of aliphatic carboxylic acids is 1. The number of ketones is 1. The molecule has 0 aromatic heterocycles. The third kappa shape index (κ3) is 8.64. The van der Waals surface area contributed by atoms with E-state index in [2.05, 4.69) is 31.2 Å². The van der Waals surface area contributed by atoms with Gasteiger partial charge in [0.2, 0.25) is 0 Å². The molecule has 2 aromatic rings. The number of carbonyl (C=O) groups is 2. The lowest BCUT2D eigenvalue weighted by molar-refractivity contribution is -0.137. The van der Waals surface area contributed by atoms with E-state index in [9.17, 15) is 9.59 Å². The first kappa shape index (κ1) is 22.9. The maximum atomic E-state index is 12.7. The van der Waals surface area contributed by atoms with Crippen molar-refractivity contribution in [3.63, 3.8) is 0 Å². The molecule has 29 heavy (non-hydrogen) atoms. The van der Waals surface area contributed by atoms with E-state index in [1.54, 1.807) is 0 Å². The van der Waals surface area contributed by atoms with E-state index in [1.807, 2.05) is 24.3 Å². The van der Waals surface area contributed by atoms with Gasteiger partial charge in [-0.2, -0.15) is 0 Å². The number of unbranched alkanes of at least 4 members (excludes halogenated alkanes) is 6. The minimum Gasteiger partial charge on any atom is -0.481 e. The Morgan fingerprint density at radius 3 is 1.59 bits per heavy atom. The highest BCUT2D eigenvalue weighted by Crippen LogP contribution is 2.15. The van der Waals surface area contributed by atoms with Crippen molar-refractivity contribution >= 4 is 11.8 Å². The van der Waals surface area contributed by atoms with Gasteiger partial charge in [-0.15, -0.1) is 0 Å². The Balaban J connectivity index is 1.75. The summed E-state index contributed by atoms with van der Waals surface area (Å²) in [5.41, 5.74) is 4.03. The first-order valence-electron chi connectivity index (χ1n) is 11.0. The average molecular weight is 395 g/mol. The fourth-order valence-electron chi connectivity index (χ4n) is 3.53. The van der Waals surface area contributed by atoms with Crippen molar-refractivity contribution in [2.24, 2.45) is 0 Å². The minimum absolute atomic E-state index is 0.0788. The van der Waals surface area contributed by atoms with Gasteiger partial charge in [0.05, 0.1) is 0 Å². The molecule has 0 heterocycles.